The first kappa shape index (κ1) is 25.2. The molecule has 8 nitrogen and oxygen atoms in total. The summed E-state index contributed by atoms with van der Waals surface area (Å²) >= 11 is 0. The Labute approximate surface area is 189 Å². The van der Waals surface area contributed by atoms with Gasteiger partial charge >= 0.3 is 12.2 Å². The van der Waals surface area contributed by atoms with Gasteiger partial charge in [-0.2, -0.15) is 0 Å². The number of methoxy groups -OCH3 is 2. The van der Waals surface area contributed by atoms with Crippen LogP contribution in [0.15, 0.2) is 60.7 Å². The van der Waals surface area contributed by atoms with Crippen LogP contribution < -0.4 is 10.6 Å². The smallest absolute Gasteiger partial charge is 0.409 e. The molecule has 0 spiro atoms. The summed E-state index contributed by atoms with van der Waals surface area (Å²) in [6.45, 7) is 1.01. The number of hydrogen-bond donors (Lipinski definition) is 2. The number of ether oxygens (including phenoxy) is 4. The lowest BCUT2D eigenvalue weighted by Crippen LogP contribution is -2.28. The molecule has 0 aliphatic carbocycles. The fourth-order valence-corrected chi connectivity index (χ4v) is 2.99. The summed E-state index contributed by atoms with van der Waals surface area (Å²) in [6, 6.07) is 18.5. The number of rotatable bonds is 13. The zero-order chi connectivity index (χ0) is 23.0. The van der Waals surface area contributed by atoms with Crippen LogP contribution in [0.1, 0.15) is 49.4 Å². The maximum absolute atomic E-state index is 11.9. The second-order valence-electron chi connectivity index (χ2n) is 7.04. The highest BCUT2D eigenvalue weighted by molar-refractivity contribution is 5.67. The van der Waals surface area contributed by atoms with Crippen molar-refractivity contribution in [3.05, 3.63) is 71.8 Å². The van der Waals surface area contributed by atoms with Crippen molar-refractivity contribution < 1.29 is 28.5 Å². The van der Waals surface area contributed by atoms with Crippen molar-refractivity contribution in [1.82, 2.24) is 10.6 Å². The predicted molar refractivity (Wildman–Crippen MR) is 120 cm³/mol. The quantitative estimate of drug-likeness (QED) is 0.344. The van der Waals surface area contributed by atoms with E-state index in [1.54, 1.807) is 0 Å². The van der Waals surface area contributed by atoms with Crippen molar-refractivity contribution in [1.29, 1.82) is 0 Å². The molecule has 2 amide bonds. The molecule has 0 aliphatic rings. The third-order valence-electron chi connectivity index (χ3n) is 4.64. The summed E-state index contributed by atoms with van der Waals surface area (Å²) in [5.41, 5.74) is 1.55. The lowest BCUT2D eigenvalue weighted by Gasteiger charge is -2.17. The second-order valence-corrected chi connectivity index (χ2v) is 7.04. The van der Waals surface area contributed by atoms with Gasteiger partial charge in [0, 0.05) is 38.4 Å². The number of amides is 2. The van der Waals surface area contributed by atoms with E-state index in [9.17, 15) is 9.59 Å². The molecular formula is C24H32N2O6. The van der Waals surface area contributed by atoms with E-state index in [1.807, 2.05) is 60.7 Å². The maximum Gasteiger partial charge on any atom is 0.409 e. The molecule has 0 saturated carbocycles. The minimum absolute atomic E-state index is 0.506. The first-order chi connectivity index (χ1) is 15.6. The fraction of sp³-hybridized carbons (Fsp3) is 0.417. The van der Waals surface area contributed by atoms with Crippen LogP contribution in [-0.2, 0) is 18.9 Å². The average molecular weight is 445 g/mol. The molecule has 2 atom stereocenters. The van der Waals surface area contributed by atoms with Crippen molar-refractivity contribution >= 4 is 12.2 Å². The zero-order valence-corrected chi connectivity index (χ0v) is 18.6. The first-order valence-corrected chi connectivity index (χ1v) is 10.7. The van der Waals surface area contributed by atoms with Crippen molar-refractivity contribution in [2.45, 2.75) is 38.3 Å². The molecule has 174 valence electrons. The minimum atomic E-state index is -0.735. The Morgan fingerprint density at radius 1 is 0.656 bits per heavy atom. The molecule has 2 aromatic rings. The van der Waals surface area contributed by atoms with Crippen LogP contribution in [0.2, 0.25) is 0 Å². The Bertz CT molecular complexity index is 720. The molecule has 2 N–H and O–H groups in total. The second kappa shape index (κ2) is 14.8. The first-order valence-electron chi connectivity index (χ1n) is 10.7. The normalized spacial score (nSPS) is 12.4. The summed E-state index contributed by atoms with van der Waals surface area (Å²) in [5.74, 6) is 0. The SMILES string of the molecule is COC(OC(=O)NCCCCCCNC(=O)OC(OC)c1ccccc1)c1ccccc1. The van der Waals surface area contributed by atoms with Crippen LogP contribution in [0.4, 0.5) is 9.59 Å². The van der Waals surface area contributed by atoms with E-state index in [0.29, 0.717) is 13.1 Å². The number of alkyl carbamates (subject to hydrolysis) is 2. The summed E-state index contributed by atoms with van der Waals surface area (Å²) in [5, 5.41) is 5.45. The van der Waals surface area contributed by atoms with Crippen LogP contribution in [0.25, 0.3) is 0 Å². The molecule has 32 heavy (non-hydrogen) atoms. The zero-order valence-electron chi connectivity index (χ0n) is 18.6. The van der Waals surface area contributed by atoms with E-state index in [2.05, 4.69) is 10.6 Å². The Morgan fingerprint density at radius 3 is 1.38 bits per heavy atom. The van der Waals surface area contributed by atoms with Crippen molar-refractivity contribution in [3.8, 4) is 0 Å². The molecule has 8 heteroatoms. The van der Waals surface area contributed by atoms with Crippen LogP contribution >= 0.6 is 0 Å². The van der Waals surface area contributed by atoms with E-state index in [4.69, 9.17) is 18.9 Å². The number of unbranched alkanes of at least 4 members (excludes halogenated alkanes) is 3. The van der Waals surface area contributed by atoms with Gasteiger partial charge in [-0.05, 0) is 12.8 Å². The lowest BCUT2D eigenvalue weighted by atomic mass is 10.2. The highest BCUT2D eigenvalue weighted by atomic mass is 16.7. The van der Waals surface area contributed by atoms with Gasteiger partial charge in [-0.15, -0.1) is 0 Å². The van der Waals surface area contributed by atoms with Gasteiger partial charge in [-0.25, -0.2) is 9.59 Å². The van der Waals surface area contributed by atoms with E-state index in [0.717, 1.165) is 36.8 Å². The third kappa shape index (κ3) is 9.36. The summed E-state index contributed by atoms with van der Waals surface area (Å²) in [4.78, 5) is 23.9. The summed E-state index contributed by atoms with van der Waals surface area (Å²) in [6.07, 6.45) is 0.933. The molecule has 2 aromatic carbocycles. The molecule has 0 bridgehead atoms. The molecular weight excluding hydrogens is 412 g/mol. The van der Waals surface area contributed by atoms with Crippen LogP contribution in [0.5, 0.6) is 0 Å². The molecule has 2 rings (SSSR count). The number of benzene rings is 2. The molecule has 0 fully saturated rings. The lowest BCUT2D eigenvalue weighted by molar-refractivity contribution is -0.0848. The Kier molecular flexibility index (Phi) is 11.7. The van der Waals surface area contributed by atoms with Crippen molar-refractivity contribution in [2.75, 3.05) is 27.3 Å². The Balaban J connectivity index is 1.51. The average Bonchev–Trinajstić information content (AvgIpc) is 2.83. The van der Waals surface area contributed by atoms with Gasteiger partial charge < -0.3 is 29.6 Å². The number of nitrogens with one attached hydrogen (secondary N) is 2. The largest absolute Gasteiger partial charge is 0.415 e. The van der Waals surface area contributed by atoms with Gasteiger partial charge in [0.1, 0.15) is 0 Å². The van der Waals surface area contributed by atoms with Gasteiger partial charge in [0.05, 0.1) is 0 Å². The van der Waals surface area contributed by atoms with E-state index < -0.39 is 24.8 Å². The topological polar surface area (TPSA) is 95.1 Å². The number of carbonyl (C=O) groups excluding carboxylic acids is 2. The number of hydrogen-bond acceptors (Lipinski definition) is 6. The van der Waals surface area contributed by atoms with E-state index in [-0.39, 0.29) is 0 Å². The van der Waals surface area contributed by atoms with Crippen LogP contribution in [-0.4, -0.2) is 39.5 Å². The standard InChI is InChI=1S/C24H32N2O6/c1-29-21(19-13-7-5-8-14-19)31-23(27)25-17-11-3-4-12-18-26-24(28)32-22(30-2)20-15-9-6-10-16-20/h5-10,13-16,21-22H,3-4,11-12,17-18H2,1-2H3,(H,25,27)(H,26,28). The molecule has 0 radical (unpaired) electrons. The maximum atomic E-state index is 11.9. The molecule has 2 unspecified atom stereocenters. The van der Waals surface area contributed by atoms with Gasteiger partial charge in [0.25, 0.3) is 0 Å². The molecule has 0 aliphatic heterocycles. The highest BCUT2D eigenvalue weighted by Crippen LogP contribution is 2.18. The van der Waals surface area contributed by atoms with Gasteiger partial charge in [0.2, 0.25) is 12.6 Å². The molecule has 0 heterocycles. The van der Waals surface area contributed by atoms with Crippen LogP contribution in [0.3, 0.4) is 0 Å². The van der Waals surface area contributed by atoms with Gasteiger partial charge in [0.15, 0.2) is 0 Å². The minimum Gasteiger partial charge on any atom is -0.415 e. The van der Waals surface area contributed by atoms with Crippen molar-refractivity contribution in [2.24, 2.45) is 0 Å². The number of carbonyl (C=O) groups is 2. The summed E-state index contributed by atoms with van der Waals surface area (Å²) in [7, 11) is 2.98. The molecule has 0 saturated heterocycles. The highest BCUT2D eigenvalue weighted by Gasteiger charge is 2.16. The van der Waals surface area contributed by atoms with Gasteiger partial charge in [-0.3, -0.25) is 0 Å². The summed E-state index contributed by atoms with van der Waals surface area (Å²) < 4.78 is 21.0. The van der Waals surface area contributed by atoms with E-state index >= 15 is 0 Å². The van der Waals surface area contributed by atoms with Crippen molar-refractivity contribution in [3.63, 3.8) is 0 Å². The Morgan fingerprint density at radius 2 is 1.03 bits per heavy atom. The fourth-order valence-electron chi connectivity index (χ4n) is 2.99. The predicted octanol–water partition coefficient (Wildman–Crippen LogP) is 4.69. The third-order valence-corrected chi connectivity index (χ3v) is 4.64. The monoisotopic (exact) mass is 444 g/mol. The van der Waals surface area contributed by atoms with Crippen LogP contribution in [0, 0.1) is 0 Å². The molecule has 0 aromatic heterocycles. The Hall–Kier alpha value is -3.10. The van der Waals surface area contributed by atoms with Gasteiger partial charge in [-0.1, -0.05) is 73.5 Å². The van der Waals surface area contributed by atoms with E-state index in [1.165, 1.54) is 14.2 Å².